The number of sulfonamides is 1. The fourth-order valence-electron chi connectivity index (χ4n) is 2.94. The molecule has 0 fully saturated rings. The van der Waals surface area contributed by atoms with E-state index < -0.39 is 20.9 Å². The van der Waals surface area contributed by atoms with E-state index in [1.54, 1.807) is 18.2 Å². The second kappa shape index (κ2) is 8.97. The smallest absolute Gasteiger partial charge is 0.271 e. The fourth-order valence-corrected chi connectivity index (χ4v) is 3.83. The molecule has 0 unspecified atom stereocenters. The number of nitrogens with zero attached hydrogens (tertiary/aromatic N) is 2. The summed E-state index contributed by atoms with van der Waals surface area (Å²) in [6.45, 7) is 2.12. The van der Waals surface area contributed by atoms with Crippen molar-refractivity contribution in [2.45, 2.75) is 13.5 Å². The largest absolute Gasteiger partial charge is 0.322 e. The predicted octanol–water partition coefficient (Wildman–Crippen LogP) is 4.12. The first-order valence-corrected chi connectivity index (χ1v) is 11.2. The summed E-state index contributed by atoms with van der Waals surface area (Å²) in [5.74, 6) is -0.462. The van der Waals surface area contributed by atoms with Gasteiger partial charge in [-0.15, -0.1) is 0 Å². The van der Waals surface area contributed by atoms with Crippen LogP contribution in [-0.4, -0.2) is 25.5 Å². The SMILES string of the molecule is Cc1ccc(CN(c2ccc(C(=O)Nc3cccc([N+](=O)[O-])c3)cc2)S(C)(=O)=O)cc1. The highest BCUT2D eigenvalue weighted by molar-refractivity contribution is 7.92. The third-order valence-electron chi connectivity index (χ3n) is 4.58. The number of rotatable bonds is 7. The summed E-state index contributed by atoms with van der Waals surface area (Å²) in [5, 5.41) is 13.5. The Balaban J connectivity index is 1.79. The molecule has 0 aromatic heterocycles. The molecule has 3 aromatic carbocycles. The van der Waals surface area contributed by atoms with Gasteiger partial charge in [0, 0.05) is 23.4 Å². The molecular formula is C22H21N3O5S. The van der Waals surface area contributed by atoms with Gasteiger partial charge in [0.05, 0.1) is 23.4 Å². The summed E-state index contributed by atoms with van der Waals surface area (Å²) in [6.07, 6.45) is 1.13. The monoisotopic (exact) mass is 439 g/mol. The first-order chi connectivity index (χ1) is 14.6. The second-order valence-corrected chi connectivity index (χ2v) is 8.97. The molecule has 0 aliphatic heterocycles. The molecule has 160 valence electrons. The van der Waals surface area contributed by atoms with Gasteiger partial charge in [-0.1, -0.05) is 35.9 Å². The average Bonchev–Trinajstić information content (AvgIpc) is 2.73. The second-order valence-electron chi connectivity index (χ2n) is 7.06. The molecule has 31 heavy (non-hydrogen) atoms. The number of hydrogen-bond donors (Lipinski definition) is 1. The van der Waals surface area contributed by atoms with Crippen LogP contribution < -0.4 is 9.62 Å². The van der Waals surface area contributed by atoms with Crippen LogP contribution in [0, 0.1) is 17.0 Å². The molecule has 0 aliphatic rings. The van der Waals surface area contributed by atoms with Crippen molar-refractivity contribution in [1.82, 2.24) is 0 Å². The number of carbonyl (C=O) groups excluding carboxylic acids is 1. The van der Waals surface area contributed by atoms with Crippen molar-refractivity contribution in [2.24, 2.45) is 0 Å². The van der Waals surface area contributed by atoms with Gasteiger partial charge in [-0.3, -0.25) is 19.2 Å². The lowest BCUT2D eigenvalue weighted by Crippen LogP contribution is -2.29. The molecule has 0 spiro atoms. The van der Waals surface area contributed by atoms with Crippen molar-refractivity contribution in [3.8, 4) is 0 Å². The fraction of sp³-hybridized carbons (Fsp3) is 0.136. The molecule has 0 saturated carbocycles. The molecule has 1 amide bonds. The normalized spacial score (nSPS) is 11.0. The minimum absolute atomic E-state index is 0.131. The quantitative estimate of drug-likeness (QED) is 0.440. The Bertz CT molecular complexity index is 1210. The highest BCUT2D eigenvalue weighted by Gasteiger charge is 2.18. The van der Waals surface area contributed by atoms with Gasteiger partial charge >= 0.3 is 0 Å². The molecule has 0 bridgehead atoms. The van der Waals surface area contributed by atoms with Crippen molar-refractivity contribution >= 4 is 33.0 Å². The van der Waals surface area contributed by atoms with Crippen LogP contribution in [0.2, 0.25) is 0 Å². The number of aryl methyl sites for hydroxylation is 1. The van der Waals surface area contributed by atoms with E-state index in [-0.39, 0.29) is 12.2 Å². The van der Waals surface area contributed by atoms with Crippen LogP contribution in [0.15, 0.2) is 72.8 Å². The van der Waals surface area contributed by atoms with Crippen LogP contribution in [0.4, 0.5) is 17.1 Å². The standard InChI is InChI=1S/C22H21N3O5S/c1-16-6-8-17(9-7-16)15-24(31(2,29)30)20-12-10-18(11-13-20)22(26)23-19-4-3-5-21(14-19)25(27)28/h3-14H,15H2,1-2H3,(H,23,26). The Hall–Kier alpha value is -3.72. The van der Waals surface area contributed by atoms with Gasteiger partial charge in [-0.2, -0.15) is 0 Å². The molecule has 3 aromatic rings. The van der Waals surface area contributed by atoms with E-state index >= 15 is 0 Å². The third-order valence-corrected chi connectivity index (χ3v) is 5.72. The number of anilines is 2. The summed E-state index contributed by atoms with van der Waals surface area (Å²) in [4.78, 5) is 22.8. The molecule has 9 heteroatoms. The summed E-state index contributed by atoms with van der Waals surface area (Å²) in [6, 6.07) is 19.3. The van der Waals surface area contributed by atoms with Gasteiger partial charge in [-0.05, 0) is 42.8 Å². The zero-order chi connectivity index (χ0) is 22.6. The van der Waals surface area contributed by atoms with Gasteiger partial charge in [0.2, 0.25) is 10.0 Å². The van der Waals surface area contributed by atoms with Crippen molar-refractivity contribution in [3.63, 3.8) is 0 Å². The maximum absolute atomic E-state index is 12.5. The zero-order valence-corrected chi connectivity index (χ0v) is 17.8. The predicted molar refractivity (Wildman–Crippen MR) is 120 cm³/mol. The van der Waals surface area contributed by atoms with Crippen LogP contribution in [0.3, 0.4) is 0 Å². The lowest BCUT2D eigenvalue weighted by Gasteiger charge is -2.23. The van der Waals surface area contributed by atoms with E-state index in [0.717, 1.165) is 17.4 Å². The number of hydrogen-bond acceptors (Lipinski definition) is 5. The van der Waals surface area contributed by atoms with Gasteiger partial charge in [0.15, 0.2) is 0 Å². The van der Waals surface area contributed by atoms with E-state index in [9.17, 15) is 23.3 Å². The lowest BCUT2D eigenvalue weighted by atomic mass is 10.1. The van der Waals surface area contributed by atoms with E-state index in [1.807, 2.05) is 31.2 Å². The van der Waals surface area contributed by atoms with Crippen LogP contribution in [0.1, 0.15) is 21.5 Å². The molecule has 0 heterocycles. The van der Waals surface area contributed by atoms with Crippen LogP contribution >= 0.6 is 0 Å². The first-order valence-electron chi connectivity index (χ1n) is 9.32. The molecule has 0 aliphatic carbocycles. The highest BCUT2D eigenvalue weighted by Crippen LogP contribution is 2.23. The molecule has 0 radical (unpaired) electrons. The van der Waals surface area contributed by atoms with Crippen LogP contribution in [0.25, 0.3) is 0 Å². The summed E-state index contributed by atoms with van der Waals surface area (Å²) in [7, 11) is -3.55. The van der Waals surface area contributed by atoms with Gasteiger partial charge in [-0.25, -0.2) is 8.42 Å². The topological polar surface area (TPSA) is 110 Å². The van der Waals surface area contributed by atoms with Crippen molar-refractivity contribution in [1.29, 1.82) is 0 Å². The van der Waals surface area contributed by atoms with Crippen molar-refractivity contribution < 1.29 is 18.1 Å². The Morgan fingerprint density at radius 2 is 1.68 bits per heavy atom. The number of benzene rings is 3. The Kier molecular flexibility index (Phi) is 6.36. The first kappa shape index (κ1) is 22.0. The molecular weight excluding hydrogens is 418 g/mol. The lowest BCUT2D eigenvalue weighted by molar-refractivity contribution is -0.384. The molecule has 8 nitrogen and oxygen atoms in total. The zero-order valence-electron chi connectivity index (χ0n) is 17.0. The molecule has 1 N–H and O–H groups in total. The van der Waals surface area contributed by atoms with E-state index in [0.29, 0.717) is 16.9 Å². The van der Waals surface area contributed by atoms with Crippen LogP contribution in [-0.2, 0) is 16.6 Å². The van der Waals surface area contributed by atoms with E-state index in [4.69, 9.17) is 0 Å². The summed E-state index contributed by atoms with van der Waals surface area (Å²) >= 11 is 0. The number of nitrogens with one attached hydrogen (secondary N) is 1. The van der Waals surface area contributed by atoms with Crippen molar-refractivity contribution in [2.75, 3.05) is 15.9 Å². The molecule has 0 atom stereocenters. The van der Waals surface area contributed by atoms with Gasteiger partial charge in [0.25, 0.3) is 11.6 Å². The molecule has 0 saturated heterocycles. The number of nitro benzene ring substituents is 1. The highest BCUT2D eigenvalue weighted by atomic mass is 32.2. The Morgan fingerprint density at radius 3 is 2.26 bits per heavy atom. The molecule has 3 rings (SSSR count). The van der Waals surface area contributed by atoms with Crippen molar-refractivity contribution in [3.05, 3.63) is 99.6 Å². The summed E-state index contributed by atoms with van der Waals surface area (Å²) < 4.78 is 25.9. The summed E-state index contributed by atoms with van der Waals surface area (Å²) in [5.41, 5.74) is 2.79. The minimum Gasteiger partial charge on any atom is -0.322 e. The average molecular weight is 439 g/mol. The Labute approximate surface area is 180 Å². The number of nitro groups is 1. The van der Waals surface area contributed by atoms with Gasteiger partial charge < -0.3 is 5.32 Å². The third kappa shape index (κ3) is 5.67. The maximum Gasteiger partial charge on any atom is 0.271 e. The van der Waals surface area contributed by atoms with Crippen LogP contribution in [0.5, 0.6) is 0 Å². The minimum atomic E-state index is -3.55. The number of non-ortho nitro benzene ring substituents is 1. The Morgan fingerprint density at radius 1 is 1.03 bits per heavy atom. The van der Waals surface area contributed by atoms with E-state index in [2.05, 4.69) is 5.32 Å². The number of amides is 1. The van der Waals surface area contributed by atoms with E-state index in [1.165, 1.54) is 34.6 Å². The van der Waals surface area contributed by atoms with Gasteiger partial charge in [0.1, 0.15) is 0 Å². The maximum atomic E-state index is 12.5. The number of carbonyl (C=O) groups is 1.